The molecule has 308 valence electrons. The third kappa shape index (κ3) is 6.40. The van der Waals surface area contributed by atoms with Crippen molar-refractivity contribution in [2.24, 2.45) is 0 Å². The fourth-order valence-corrected chi connectivity index (χ4v) is 10.2. The molecule has 0 heteroatoms. The summed E-state index contributed by atoms with van der Waals surface area (Å²) in [7, 11) is 0. The first-order valence-electron chi connectivity index (χ1n) is 22.7. The Morgan fingerprint density at radius 2 is 0.500 bits per heavy atom. The van der Waals surface area contributed by atoms with Crippen molar-refractivity contribution in [1.29, 1.82) is 0 Å². The van der Waals surface area contributed by atoms with Gasteiger partial charge in [0, 0.05) is 0 Å². The second-order valence-corrected chi connectivity index (χ2v) is 22.2. The van der Waals surface area contributed by atoms with Gasteiger partial charge in [-0.2, -0.15) is 0 Å². The third-order valence-corrected chi connectivity index (χ3v) is 13.9. The van der Waals surface area contributed by atoms with Crippen LogP contribution in [0.2, 0.25) is 0 Å². The molecular weight excluding hydrogens is 745 g/mol. The minimum absolute atomic E-state index is 0.0578. The fraction of sp³-hybridized carbons (Fsp3) is 0.258. The Balaban J connectivity index is 1.42. The van der Waals surface area contributed by atoms with Gasteiger partial charge in [-0.25, -0.2) is 0 Å². The smallest absolute Gasteiger partial charge is 0.000696 e. The van der Waals surface area contributed by atoms with Crippen LogP contribution in [-0.4, -0.2) is 0 Å². The second-order valence-electron chi connectivity index (χ2n) is 22.2. The normalized spacial score (nSPS) is 13.2. The molecule has 0 bridgehead atoms. The quantitative estimate of drug-likeness (QED) is 0.123. The maximum absolute atomic E-state index is 2.54. The average molecular weight is 805 g/mol. The monoisotopic (exact) mass is 804 g/mol. The van der Waals surface area contributed by atoms with E-state index in [1.165, 1.54) is 121 Å². The van der Waals surface area contributed by atoms with Crippen LogP contribution in [0.25, 0.3) is 98.4 Å². The first-order chi connectivity index (χ1) is 29.3. The van der Waals surface area contributed by atoms with Crippen molar-refractivity contribution in [2.45, 2.75) is 105 Å². The SMILES string of the molecule is CC(C)(C)c1ccc(-c2cc3c(-c4ccc(C(C)(C)C)cc4)c4cccc5c(-c6ccc(C(C)(C)C)cc6)cc6c(-c7ccc(C(C)(C)C)cc7)c7cccc2c7c3c6c54)cc1. The van der Waals surface area contributed by atoms with Gasteiger partial charge < -0.3 is 0 Å². The molecule has 62 heavy (non-hydrogen) atoms. The van der Waals surface area contributed by atoms with Gasteiger partial charge >= 0.3 is 0 Å². The highest BCUT2D eigenvalue weighted by Crippen LogP contribution is 2.55. The molecule has 0 fully saturated rings. The number of rotatable bonds is 4. The van der Waals surface area contributed by atoms with Gasteiger partial charge in [0.2, 0.25) is 0 Å². The van der Waals surface area contributed by atoms with Crippen LogP contribution in [0.4, 0.5) is 0 Å². The van der Waals surface area contributed by atoms with Gasteiger partial charge in [0.05, 0.1) is 0 Å². The molecule has 0 atom stereocenters. The molecule has 0 aromatic heterocycles. The Kier molecular flexibility index (Phi) is 8.90. The van der Waals surface area contributed by atoms with E-state index < -0.39 is 0 Å². The molecule has 0 aliphatic carbocycles. The largest absolute Gasteiger partial charge is 0.0610 e. The predicted octanol–water partition coefficient (Wildman–Crippen LogP) is 18.2. The lowest BCUT2D eigenvalue weighted by molar-refractivity contribution is 0.590. The van der Waals surface area contributed by atoms with Gasteiger partial charge in [0.1, 0.15) is 0 Å². The Morgan fingerprint density at radius 3 is 0.774 bits per heavy atom. The van der Waals surface area contributed by atoms with E-state index in [9.17, 15) is 0 Å². The molecule has 0 saturated heterocycles. The zero-order valence-corrected chi connectivity index (χ0v) is 38.9. The molecule has 0 heterocycles. The molecule has 0 aliphatic heterocycles. The molecule has 0 aliphatic rings. The van der Waals surface area contributed by atoms with Gasteiger partial charge in [0.15, 0.2) is 0 Å². The highest BCUT2D eigenvalue weighted by atomic mass is 14.3. The van der Waals surface area contributed by atoms with E-state index in [1.807, 2.05) is 0 Å². The van der Waals surface area contributed by atoms with Crippen LogP contribution in [0.3, 0.4) is 0 Å². The Bertz CT molecular complexity index is 3060. The van der Waals surface area contributed by atoms with Gasteiger partial charge in [-0.1, -0.05) is 217 Å². The fourth-order valence-electron chi connectivity index (χ4n) is 10.2. The van der Waals surface area contributed by atoms with Crippen molar-refractivity contribution in [1.82, 2.24) is 0 Å². The molecule has 0 radical (unpaired) electrons. The summed E-state index contributed by atoms with van der Waals surface area (Å²) in [6.45, 7) is 27.6. The zero-order chi connectivity index (χ0) is 43.7. The lowest BCUT2D eigenvalue weighted by Gasteiger charge is -2.27. The predicted molar refractivity (Wildman–Crippen MR) is 273 cm³/mol. The first kappa shape index (κ1) is 40.1. The molecule has 10 aromatic carbocycles. The minimum Gasteiger partial charge on any atom is -0.0610 e. The molecule has 0 saturated carbocycles. The van der Waals surface area contributed by atoms with Crippen LogP contribution >= 0.6 is 0 Å². The molecule has 0 spiro atoms. The number of hydrogen-bond donors (Lipinski definition) is 0. The summed E-state index contributed by atoms with van der Waals surface area (Å²) in [6, 6.07) is 56.9. The van der Waals surface area contributed by atoms with E-state index in [1.54, 1.807) is 0 Å². The van der Waals surface area contributed by atoms with Crippen molar-refractivity contribution in [3.8, 4) is 44.5 Å². The van der Waals surface area contributed by atoms with Crippen molar-refractivity contribution in [3.63, 3.8) is 0 Å². The van der Waals surface area contributed by atoms with E-state index in [4.69, 9.17) is 0 Å². The van der Waals surface area contributed by atoms with Crippen LogP contribution in [0, 0.1) is 0 Å². The van der Waals surface area contributed by atoms with Crippen molar-refractivity contribution in [3.05, 3.63) is 168 Å². The maximum atomic E-state index is 2.54. The molecule has 10 aromatic rings. The Hall–Kier alpha value is -5.98. The summed E-state index contributed by atoms with van der Waals surface area (Å²) in [6.07, 6.45) is 0. The van der Waals surface area contributed by atoms with E-state index in [0.717, 1.165) is 0 Å². The standard InChI is InChI=1S/C62H60/c1-59(2,3)41-27-19-37(20-28-41)49-35-51-53(39-23-31-43(32-24-39)61(7,8)9)48-18-14-16-46-50(38-21-29-42(30-22-38)60(4,5)6)36-52-54(40-25-33-44(34-26-40)62(10,11)12)47-17-13-15-45(49)55(47)57(51)58(52)56(46)48/h13-36H,1-12H3. The molecule has 0 N–H and O–H groups in total. The van der Waals surface area contributed by atoms with Gasteiger partial charge in [-0.15, -0.1) is 0 Å². The van der Waals surface area contributed by atoms with Crippen molar-refractivity contribution in [2.75, 3.05) is 0 Å². The first-order valence-corrected chi connectivity index (χ1v) is 22.7. The summed E-state index contributed by atoms with van der Waals surface area (Å²) in [5.74, 6) is 0. The summed E-state index contributed by atoms with van der Waals surface area (Å²) >= 11 is 0. The zero-order valence-electron chi connectivity index (χ0n) is 38.9. The molecule has 10 rings (SSSR count). The molecule has 0 unspecified atom stereocenters. The van der Waals surface area contributed by atoms with E-state index >= 15 is 0 Å². The van der Waals surface area contributed by atoms with E-state index in [2.05, 4.69) is 229 Å². The number of benzene rings is 10. The van der Waals surface area contributed by atoms with Crippen LogP contribution in [0.1, 0.15) is 105 Å². The molecule has 0 amide bonds. The van der Waals surface area contributed by atoms with E-state index in [-0.39, 0.29) is 21.7 Å². The van der Waals surface area contributed by atoms with Crippen molar-refractivity contribution >= 4 is 53.9 Å². The highest BCUT2D eigenvalue weighted by Gasteiger charge is 2.28. The van der Waals surface area contributed by atoms with Crippen LogP contribution in [-0.2, 0) is 21.7 Å². The summed E-state index contributed by atoms with van der Waals surface area (Å²) < 4.78 is 0. The van der Waals surface area contributed by atoms with Crippen LogP contribution in [0.15, 0.2) is 146 Å². The topological polar surface area (TPSA) is 0 Å². The van der Waals surface area contributed by atoms with Gasteiger partial charge in [0.25, 0.3) is 0 Å². The minimum atomic E-state index is 0.0578. The lowest BCUT2D eigenvalue weighted by Crippen LogP contribution is -2.10. The van der Waals surface area contributed by atoms with Gasteiger partial charge in [-0.3, -0.25) is 0 Å². The summed E-state index contributed by atoms with van der Waals surface area (Å²) in [5, 5.41) is 13.3. The molecular formula is C62H60. The average Bonchev–Trinajstić information content (AvgIpc) is 3.23. The van der Waals surface area contributed by atoms with Crippen LogP contribution in [0.5, 0.6) is 0 Å². The highest BCUT2D eigenvalue weighted by molar-refractivity contribution is 6.44. The molecule has 0 nitrogen and oxygen atoms in total. The van der Waals surface area contributed by atoms with Gasteiger partial charge in [-0.05, 0) is 154 Å². The summed E-state index contributed by atoms with van der Waals surface area (Å²) in [4.78, 5) is 0. The van der Waals surface area contributed by atoms with Crippen LogP contribution < -0.4 is 0 Å². The summed E-state index contributed by atoms with van der Waals surface area (Å²) in [5.41, 5.74) is 15.8. The second kappa shape index (κ2) is 13.8. The van der Waals surface area contributed by atoms with E-state index in [0.29, 0.717) is 0 Å². The number of hydrogen-bond acceptors (Lipinski definition) is 0. The lowest BCUT2D eigenvalue weighted by atomic mass is 9.76. The third-order valence-electron chi connectivity index (χ3n) is 13.9. The van der Waals surface area contributed by atoms with Crippen molar-refractivity contribution < 1.29 is 0 Å². The Labute approximate surface area is 369 Å². The Morgan fingerprint density at radius 1 is 0.242 bits per heavy atom. The maximum Gasteiger partial charge on any atom is -0.000696 e.